The van der Waals surface area contributed by atoms with E-state index < -0.39 is 11.7 Å². The molecule has 0 amide bonds. The van der Waals surface area contributed by atoms with Crippen LogP contribution in [0.4, 0.5) is 10.1 Å². The van der Waals surface area contributed by atoms with Crippen LogP contribution in [0, 0.1) is 12.7 Å². The van der Waals surface area contributed by atoms with E-state index in [9.17, 15) is 4.39 Å². The summed E-state index contributed by atoms with van der Waals surface area (Å²) in [4.78, 5) is 0. The minimum absolute atomic E-state index is 0.251. The van der Waals surface area contributed by atoms with E-state index in [-0.39, 0.29) is 18.5 Å². The van der Waals surface area contributed by atoms with E-state index in [1.54, 1.807) is 6.07 Å². The maximum atomic E-state index is 13.8. The number of aryl methyl sites for hydroxylation is 1. The Labute approximate surface area is 224 Å². The summed E-state index contributed by atoms with van der Waals surface area (Å²) < 4.78 is 33.3. The molecule has 1 N–H and O–H groups in total. The summed E-state index contributed by atoms with van der Waals surface area (Å²) >= 11 is 0. The molecule has 4 aromatic rings. The topological polar surface area (TPSA) is 39.7 Å². The molecule has 4 nitrogen and oxygen atoms in total. The lowest BCUT2D eigenvalue weighted by atomic mass is 9.87. The number of benzene rings is 4. The van der Waals surface area contributed by atoms with E-state index in [0.717, 1.165) is 28.1 Å². The fourth-order valence-corrected chi connectivity index (χ4v) is 4.89. The third-order valence-electron chi connectivity index (χ3n) is 6.98. The summed E-state index contributed by atoms with van der Waals surface area (Å²) in [5.74, 6) is 0.497. The molecule has 1 heterocycles. The van der Waals surface area contributed by atoms with Gasteiger partial charge in [0.25, 0.3) is 0 Å². The molecular weight excluding hydrogens is 477 g/mol. The SMILES string of the molecule is Cc1ccccc1CNc1ccc2c(c1)C(OCc1ccccc1)C(OCc1cccc(F)c1)C(C)(C)O2. The predicted octanol–water partition coefficient (Wildman–Crippen LogP) is 7.76. The van der Waals surface area contributed by atoms with Gasteiger partial charge in [-0.1, -0.05) is 66.7 Å². The van der Waals surface area contributed by atoms with Gasteiger partial charge >= 0.3 is 0 Å². The van der Waals surface area contributed by atoms with Crippen molar-refractivity contribution in [3.8, 4) is 5.75 Å². The van der Waals surface area contributed by atoms with Gasteiger partial charge < -0.3 is 19.5 Å². The molecule has 0 aliphatic carbocycles. The van der Waals surface area contributed by atoms with Gasteiger partial charge in [0.15, 0.2) is 0 Å². The molecule has 0 fully saturated rings. The van der Waals surface area contributed by atoms with Gasteiger partial charge in [0.2, 0.25) is 0 Å². The lowest BCUT2D eigenvalue weighted by Crippen LogP contribution is -2.50. The van der Waals surface area contributed by atoms with E-state index in [1.165, 1.54) is 23.3 Å². The van der Waals surface area contributed by atoms with Gasteiger partial charge in [0, 0.05) is 17.8 Å². The maximum Gasteiger partial charge on any atom is 0.132 e. The number of ether oxygens (including phenoxy) is 3. The zero-order valence-electron chi connectivity index (χ0n) is 22.1. The van der Waals surface area contributed by atoms with Crippen LogP contribution in [0.2, 0.25) is 0 Å². The van der Waals surface area contributed by atoms with Gasteiger partial charge in [-0.05, 0) is 73.4 Å². The van der Waals surface area contributed by atoms with Gasteiger partial charge in [-0.25, -0.2) is 4.39 Å². The normalized spacial score (nSPS) is 17.9. The highest BCUT2D eigenvalue weighted by Gasteiger charge is 2.45. The molecule has 2 unspecified atom stereocenters. The first-order valence-electron chi connectivity index (χ1n) is 13.0. The van der Waals surface area contributed by atoms with Crippen LogP contribution in [0.1, 0.15) is 47.8 Å². The standard InChI is InChI=1S/C33H34FNO3/c1-23-10-7-8-14-26(23)20-35-28-16-17-30-29(19-28)31(36-21-24-11-5-4-6-12-24)32(33(2,3)38-30)37-22-25-13-9-15-27(34)18-25/h4-19,31-32,35H,20-22H2,1-3H3. The Balaban J connectivity index is 1.43. The van der Waals surface area contributed by atoms with Crippen molar-refractivity contribution in [2.24, 2.45) is 0 Å². The maximum absolute atomic E-state index is 13.8. The molecule has 2 atom stereocenters. The van der Waals surface area contributed by atoms with Gasteiger partial charge in [0.1, 0.15) is 29.4 Å². The Bertz CT molecular complexity index is 1370. The molecule has 0 spiro atoms. The van der Waals surface area contributed by atoms with Crippen molar-refractivity contribution in [1.82, 2.24) is 0 Å². The van der Waals surface area contributed by atoms with E-state index in [2.05, 4.69) is 42.6 Å². The summed E-state index contributed by atoms with van der Waals surface area (Å²) in [6.45, 7) is 7.54. The molecule has 0 saturated heterocycles. The first-order chi connectivity index (χ1) is 18.4. The first kappa shape index (κ1) is 26.0. The number of anilines is 1. The van der Waals surface area contributed by atoms with Gasteiger partial charge in [0.05, 0.1) is 13.2 Å². The fourth-order valence-electron chi connectivity index (χ4n) is 4.89. The van der Waals surface area contributed by atoms with Crippen molar-refractivity contribution in [2.75, 3.05) is 5.32 Å². The van der Waals surface area contributed by atoms with E-state index >= 15 is 0 Å². The quantitative estimate of drug-likeness (QED) is 0.249. The van der Waals surface area contributed by atoms with Crippen LogP contribution in [0.3, 0.4) is 0 Å². The molecule has 4 aromatic carbocycles. The third kappa shape index (κ3) is 6.07. The van der Waals surface area contributed by atoms with Crippen LogP contribution in [-0.2, 0) is 29.2 Å². The van der Waals surface area contributed by atoms with Gasteiger partial charge in [-0.3, -0.25) is 0 Å². The van der Waals surface area contributed by atoms with Crippen LogP contribution in [0.25, 0.3) is 0 Å². The molecule has 0 saturated carbocycles. The molecule has 1 aliphatic rings. The number of halogens is 1. The predicted molar refractivity (Wildman–Crippen MR) is 149 cm³/mol. The molecule has 5 rings (SSSR count). The molecule has 38 heavy (non-hydrogen) atoms. The van der Waals surface area contributed by atoms with Crippen LogP contribution >= 0.6 is 0 Å². The number of nitrogens with one attached hydrogen (secondary N) is 1. The highest BCUT2D eigenvalue weighted by Crippen LogP contribution is 2.45. The molecule has 1 aliphatic heterocycles. The molecule has 0 bridgehead atoms. The highest BCUT2D eigenvalue weighted by atomic mass is 19.1. The number of rotatable bonds is 9. The summed E-state index contributed by atoms with van der Waals surface area (Å²) in [6, 6.07) is 31.1. The Morgan fingerprint density at radius 3 is 2.34 bits per heavy atom. The minimum Gasteiger partial charge on any atom is -0.485 e. The second kappa shape index (κ2) is 11.4. The summed E-state index contributed by atoms with van der Waals surface area (Å²) in [5.41, 5.74) is 5.58. The summed E-state index contributed by atoms with van der Waals surface area (Å²) in [5, 5.41) is 3.55. The summed E-state index contributed by atoms with van der Waals surface area (Å²) in [7, 11) is 0. The van der Waals surface area contributed by atoms with Crippen molar-refractivity contribution in [2.45, 2.75) is 58.3 Å². The van der Waals surface area contributed by atoms with Crippen molar-refractivity contribution in [3.05, 3.63) is 131 Å². The van der Waals surface area contributed by atoms with Crippen molar-refractivity contribution in [1.29, 1.82) is 0 Å². The Kier molecular flexibility index (Phi) is 7.77. The molecule has 0 radical (unpaired) electrons. The second-order valence-corrected chi connectivity index (χ2v) is 10.3. The zero-order valence-corrected chi connectivity index (χ0v) is 22.1. The Morgan fingerprint density at radius 2 is 1.55 bits per heavy atom. The monoisotopic (exact) mass is 511 g/mol. The smallest absolute Gasteiger partial charge is 0.132 e. The molecule has 0 aromatic heterocycles. The zero-order chi connectivity index (χ0) is 26.5. The fraction of sp³-hybridized carbons (Fsp3) is 0.273. The average molecular weight is 512 g/mol. The number of hydrogen-bond acceptors (Lipinski definition) is 4. The second-order valence-electron chi connectivity index (χ2n) is 10.3. The van der Waals surface area contributed by atoms with Crippen LogP contribution < -0.4 is 10.1 Å². The van der Waals surface area contributed by atoms with E-state index in [1.807, 2.05) is 62.4 Å². The molecule has 196 valence electrons. The molecular formula is C33H34FNO3. The number of fused-ring (bicyclic) bond motifs is 1. The third-order valence-corrected chi connectivity index (χ3v) is 6.98. The van der Waals surface area contributed by atoms with Gasteiger partial charge in [-0.15, -0.1) is 0 Å². The summed E-state index contributed by atoms with van der Waals surface area (Å²) in [6.07, 6.45) is -0.809. The van der Waals surface area contributed by atoms with Crippen molar-refractivity contribution < 1.29 is 18.6 Å². The van der Waals surface area contributed by atoms with Crippen LogP contribution in [0.5, 0.6) is 5.75 Å². The largest absolute Gasteiger partial charge is 0.485 e. The average Bonchev–Trinajstić information content (AvgIpc) is 2.91. The minimum atomic E-state index is -0.669. The Hall–Kier alpha value is -3.67. The van der Waals surface area contributed by atoms with Gasteiger partial charge in [-0.2, -0.15) is 0 Å². The Morgan fingerprint density at radius 1 is 0.816 bits per heavy atom. The van der Waals surface area contributed by atoms with Crippen molar-refractivity contribution in [3.63, 3.8) is 0 Å². The lowest BCUT2D eigenvalue weighted by Gasteiger charge is -2.44. The van der Waals surface area contributed by atoms with Crippen molar-refractivity contribution >= 4 is 5.69 Å². The molecule has 5 heteroatoms. The van der Waals surface area contributed by atoms with Crippen LogP contribution in [0.15, 0.2) is 97.1 Å². The van der Waals surface area contributed by atoms with E-state index in [4.69, 9.17) is 14.2 Å². The van der Waals surface area contributed by atoms with Crippen LogP contribution in [-0.4, -0.2) is 11.7 Å². The van der Waals surface area contributed by atoms with E-state index in [0.29, 0.717) is 13.2 Å². The first-order valence-corrected chi connectivity index (χ1v) is 13.0. The number of hydrogen-bond donors (Lipinski definition) is 1. The highest BCUT2D eigenvalue weighted by molar-refractivity contribution is 5.54. The lowest BCUT2D eigenvalue weighted by molar-refractivity contribution is -0.170.